The number of hydrogen-bond donors (Lipinski definition) is 2. The van der Waals surface area contributed by atoms with E-state index in [1.54, 1.807) is 0 Å². The lowest BCUT2D eigenvalue weighted by Gasteiger charge is -2.02. The summed E-state index contributed by atoms with van der Waals surface area (Å²) in [7, 11) is -8.49. The highest BCUT2D eigenvalue weighted by atomic mass is 32.3. The van der Waals surface area contributed by atoms with Gasteiger partial charge in [-0.3, -0.25) is 9.11 Å². The monoisotopic (exact) mass is 404 g/mol. The summed E-state index contributed by atoms with van der Waals surface area (Å²) < 4.78 is 64.0. The van der Waals surface area contributed by atoms with Crippen LogP contribution in [0.3, 0.4) is 0 Å². The molecule has 0 aromatic heterocycles. The summed E-state index contributed by atoms with van der Waals surface area (Å²) in [6, 6.07) is 0. The predicted octanol–water partition coefficient (Wildman–Crippen LogP) is 3.72. The summed E-state index contributed by atoms with van der Waals surface area (Å²) in [6.07, 6.45) is 13.1. The smallest absolute Gasteiger partial charge is 0.264 e. The topological polar surface area (TPSA) is 127 Å². The van der Waals surface area contributed by atoms with Crippen molar-refractivity contribution >= 4 is 20.8 Å². The van der Waals surface area contributed by atoms with Crippen molar-refractivity contribution in [2.45, 2.75) is 71.1 Å². The summed E-state index contributed by atoms with van der Waals surface area (Å²) in [5.41, 5.74) is 0. The van der Waals surface area contributed by atoms with Crippen molar-refractivity contribution in [3.05, 3.63) is 12.7 Å². The lowest BCUT2D eigenvalue weighted by molar-refractivity contribution is 0.261. The molecule has 0 bridgehead atoms. The maximum atomic E-state index is 10.2. The van der Waals surface area contributed by atoms with Gasteiger partial charge in [0.05, 0.1) is 13.2 Å². The molecule has 2 N–H and O–H groups in total. The SMILES string of the molecule is C=CCOS(=O)(=O)O.CCCCCCCCCCCCOS(=O)(=O)O. The standard InChI is InChI=1S/C12H26O4S.C3H6O4S/c1-2-3-4-5-6-7-8-9-10-11-12-16-17(13,14)15;1-2-3-7-8(4,5)6/h2-12H2,1H3,(H,13,14,15);2H,1,3H2,(H,4,5,6). The molecule has 0 amide bonds. The Kier molecular flexibility index (Phi) is 18.1. The highest BCUT2D eigenvalue weighted by Crippen LogP contribution is 2.10. The van der Waals surface area contributed by atoms with E-state index in [0.717, 1.165) is 12.8 Å². The zero-order valence-corrected chi connectivity index (χ0v) is 16.6. The molecule has 0 saturated heterocycles. The fourth-order valence-electron chi connectivity index (χ4n) is 1.89. The molecule has 0 aliphatic heterocycles. The van der Waals surface area contributed by atoms with Gasteiger partial charge in [-0.2, -0.15) is 16.8 Å². The number of rotatable bonds is 15. The summed E-state index contributed by atoms with van der Waals surface area (Å²) in [4.78, 5) is 0. The second kappa shape index (κ2) is 16.9. The van der Waals surface area contributed by atoms with Crippen LogP contribution in [0.5, 0.6) is 0 Å². The molecule has 0 spiro atoms. The third-order valence-electron chi connectivity index (χ3n) is 3.06. The maximum Gasteiger partial charge on any atom is 0.397 e. The van der Waals surface area contributed by atoms with Crippen LogP contribution < -0.4 is 0 Å². The van der Waals surface area contributed by atoms with Crippen molar-refractivity contribution < 1.29 is 34.3 Å². The van der Waals surface area contributed by atoms with Gasteiger partial charge in [-0.05, 0) is 6.42 Å². The van der Waals surface area contributed by atoms with E-state index in [2.05, 4.69) is 21.9 Å². The quantitative estimate of drug-likeness (QED) is 0.240. The first-order chi connectivity index (χ1) is 11.6. The van der Waals surface area contributed by atoms with E-state index in [-0.39, 0.29) is 13.2 Å². The molecule has 0 rings (SSSR count). The third kappa shape index (κ3) is 31.7. The minimum Gasteiger partial charge on any atom is -0.264 e. The van der Waals surface area contributed by atoms with Crippen LogP contribution in [-0.2, 0) is 29.2 Å². The van der Waals surface area contributed by atoms with E-state index >= 15 is 0 Å². The summed E-state index contributed by atoms with van der Waals surface area (Å²) in [6.45, 7) is 5.28. The van der Waals surface area contributed by atoms with E-state index in [1.807, 2.05) is 0 Å². The van der Waals surface area contributed by atoms with E-state index in [0.29, 0.717) is 6.42 Å². The van der Waals surface area contributed by atoms with Crippen LogP contribution in [0.25, 0.3) is 0 Å². The lowest BCUT2D eigenvalue weighted by atomic mass is 10.1. The molecule has 0 aromatic rings. The summed E-state index contributed by atoms with van der Waals surface area (Å²) >= 11 is 0. The molecule has 152 valence electrons. The molecule has 0 atom stereocenters. The zero-order valence-electron chi connectivity index (χ0n) is 14.9. The molecule has 10 heteroatoms. The Morgan fingerprint density at radius 1 is 0.760 bits per heavy atom. The van der Waals surface area contributed by atoms with Gasteiger partial charge >= 0.3 is 20.8 Å². The first-order valence-corrected chi connectivity index (χ1v) is 11.2. The van der Waals surface area contributed by atoms with Crippen LogP contribution in [0.15, 0.2) is 12.7 Å². The Balaban J connectivity index is 0. The largest absolute Gasteiger partial charge is 0.397 e. The molecule has 0 radical (unpaired) electrons. The molecule has 8 nitrogen and oxygen atoms in total. The molecule has 0 fully saturated rings. The Labute approximate surface area is 152 Å². The van der Waals surface area contributed by atoms with Crippen LogP contribution in [0, 0.1) is 0 Å². The Morgan fingerprint density at radius 3 is 1.48 bits per heavy atom. The van der Waals surface area contributed by atoms with Gasteiger partial charge in [0.2, 0.25) is 0 Å². The van der Waals surface area contributed by atoms with Gasteiger partial charge in [0.1, 0.15) is 0 Å². The van der Waals surface area contributed by atoms with Crippen molar-refractivity contribution in [3.8, 4) is 0 Å². The highest BCUT2D eigenvalue weighted by Gasteiger charge is 2.02. The van der Waals surface area contributed by atoms with Gasteiger partial charge in [-0.25, -0.2) is 8.37 Å². The average molecular weight is 405 g/mol. The van der Waals surface area contributed by atoms with E-state index in [9.17, 15) is 16.8 Å². The molecule has 0 unspecified atom stereocenters. The third-order valence-corrected chi connectivity index (χ3v) is 3.96. The molecule has 0 aromatic carbocycles. The van der Waals surface area contributed by atoms with Crippen molar-refractivity contribution in [2.24, 2.45) is 0 Å². The second-order valence-electron chi connectivity index (χ2n) is 5.43. The maximum absolute atomic E-state index is 10.2. The van der Waals surface area contributed by atoms with Gasteiger partial charge in [-0.15, -0.1) is 6.58 Å². The van der Waals surface area contributed by atoms with Crippen LogP contribution in [0.2, 0.25) is 0 Å². The fourth-order valence-corrected chi connectivity index (χ4v) is 2.48. The molecule has 0 aliphatic carbocycles. The van der Waals surface area contributed by atoms with Crippen LogP contribution in [0.1, 0.15) is 71.1 Å². The summed E-state index contributed by atoms with van der Waals surface area (Å²) in [5.74, 6) is 0. The van der Waals surface area contributed by atoms with Gasteiger partial charge in [0, 0.05) is 0 Å². The molecular formula is C15H32O8S2. The van der Waals surface area contributed by atoms with Crippen LogP contribution >= 0.6 is 0 Å². The van der Waals surface area contributed by atoms with E-state index < -0.39 is 20.8 Å². The molecule has 25 heavy (non-hydrogen) atoms. The van der Waals surface area contributed by atoms with Crippen molar-refractivity contribution in [2.75, 3.05) is 13.2 Å². The predicted molar refractivity (Wildman–Crippen MR) is 97.0 cm³/mol. The van der Waals surface area contributed by atoms with Crippen molar-refractivity contribution in [3.63, 3.8) is 0 Å². The number of hydrogen-bond acceptors (Lipinski definition) is 6. The normalized spacial score (nSPS) is 11.6. The minimum atomic E-state index is -4.26. The Hall–Kier alpha value is -0.520. The Bertz CT molecular complexity index is 500. The first kappa shape index (κ1) is 26.7. The molecular weight excluding hydrogens is 372 g/mol. The van der Waals surface area contributed by atoms with Crippen LogP contribution in [-0.4, -0.2) is 39.2 Å². The Morgan fingerprint density at radius 2 is 1.16 bits per heavy atom. The molecule has 0 saturated carbocycles. The lowest BCUT2D eigenvalue weighted by Crippen LogP contribution is -2.04. The van der Waals surface area contributed by atoms with Gasteiger partial charge in [-0.1, -0.05) is 70.8 Å². The van der Waals surface area contributed by atoms with Crippen molar-refractivity contribution in [1.29, 1.82) is 0 Å². The number of unbranched alkanes of at least 4 members (excludes halogenated alkanes) is 9. The highest BCUT2D eigenvalue weighted by molar-refractivity contribution is 7.81. The molecule has 0 heterocycles. The zero-order chi connectivity index (χ0) is 19.6. The van der Waals surface area contributed by atoms with Crippen molar-refractivity contribution in [1.82, 2.24) is 0 Å². The van der Waals surface area contributed by atoms with Crippen LogP contribution in [0.4, 0.5) is 0 Å². The van der Waals surface area contributed by atoms with Gasteiger partial charge in [0.25, 0.3) is 0 Å². The van der Waals surface area contributed by atoms with E-state index in [1.165, 1.54) is 51.0 Å². The van der Waals surface area contributed by atoms with Gasteiger partial charge in [0.15, 0.2) is 0 Å². The fraction of sp³-hybridized carbons (Fsp3) is 0.867. The average Bonchev–Trinajstić information content (AvgIpc) is 2.49. The minimum absolute atomic E-state index is 0.0926. The first-order valence-electron chi connectivity index (χ1n) is 8.47. The second-order valence-corrected chi connectivity index (χ2v) is 7.61. The van der Waals surface area contributed by atoms with E-state index in [4.69, 9.17) is 9.11 Å². The summed E-state index contributed by atoms with van der Waals surface area (Å²) in [5, 5.41) is 0. The van der Waals surface area contributed by atoms with Gasteiger partial charge < -0.3 is 0 Å². The molecule has 0 aliphatic rings.